The van der Waals surface area contributed by atoms with Crippen LogP contribution in [-0.2, 0) is 6.42 Å². The topological polar surface area (TPSA) is 9.23 Å². The lowest BCUT2D eigenvalue weighted by atomic mass is 10.0. The van der Waals surface area contributed by atoms with Crippen LogP contribution in [-0.4, -0.2) is 7.11 Å². The Morgan fingerprint density at radius 3 is 2.33 bits per heavy atom. The molecule has 0 heterocycles. The Balaban J connectivity index is 2.19. The van der Waals surface area contributed by atoms with Crippen LogP contribution in [0.2, 0.25) is 0 Å². The predicted octanol–water partition coefficient (Wildman–Crippen LogP) is 5.75. The van der Waals surface area contributed by atoms with Crippen molar-refractivity contribution in [2.45, 2.75) is 58.3 Å². The summed E-state index contributed by atoms with van der Waals surface area (Å²) in [4.78, 5) is 0. The zero-order valence-corrected chi connectivity index (χ0v) is 13.3. The molecule has 0 spiro atoms. The van der Waals surface area contributed by atoms with E-state index in [9.17, 15) is 0 Å². The highest BCUT2D eigenvalue weighted by Gasteiger charge is 2.01. The predicted molar refractivity (Wildman–Crippen MR) is 82.4 cm³/mol. The molecule has 18 heavy (non-hydrogen) atoms. The minimum Gasteiger partial charge on any atom is -0.496 e. The van der Waals surface area contributed by atoms with Crippen LogP contribution in [0.4, 0.5) is 0 Å². The molecule has 0 saturated carbocycles. The van der Waals surface area contributed by atoms with Crippen molar-refractivity contribution in [2.75, 3.05) is 7.11 Å². The van der Waals surface area contributed by atoms with Gasteiger partial charge in [-0.3, -0.25) is 0 Å². The summed E-state index contributed by atoms with van der Waals surface area (Å²) < 4.78 is 6.35. The summed E-state index contributed by atoms with van der Waals surface area (Å²) in [5.41, 5.74) is 1.38. The Morgan fingerprint density at radius 1 is 1.00 bits per heavy atom. The molecular formula is C16H25BrO. The summed E-state index contributed by atoms with van der Waals surface area (Å²) in [6, 6.07) is 6.40. The maximum absolute atomic E-state index is 5.31. The van der Waals surface area contributed by atoms with E-state index in [1.807, 2.05) is 0 Å². The van der Waals surface area contributed by atoms with Gasteiger partial charge in [0.05, 0.1) is 11.6 Å². The van der Waals surface area contributed by atoms with E-state index in [1.165, 1.54) is 50.5 Å². The Hall–Kier alpha value is -0.500. The molecule has 2 heteroatoms. The van der Waals surface area contributed by atoms with Crippen molar-refractivity contribution in [3.05, 3.63) is 28.2 Å². The van der Waals surface area contributed by atoms with Gasteiger partial charge in [0.25, 0.3) is 0 Å². The third-order valence-electron chi connectivity index (χ3n) is 3.28. The second-order valence-corrected chi connectivity index (χ2v) is 5.69. The minimum absolute atomic E-state index is 0.940. The zero-order valence-electron chi connectivity index (χ0n) is 11.7. The molecule has 1 aromatic carbocycles. The molecule has 0 aliphatic carbocycles. The first-order valence-electron chi connectivity index (χ1n) is 7.10. The first kappa shape index (κ1) is 15.6. The van der Waals surface area contributed by atoms with Crippen LogP contribution in [0.5, 0.6) is 5.75 Å². The fraction of sp³-hybridized carbons (Fsp3) is 0.625. The summed E-state index contributed by atoms with van der Waals surface area (Å²) in [5.74, 6) is 0.940. The first-order chi connectivity index (χ1) is 8.77. The van der Waals surface area contributed by atoms with E-state index in [0.717, 1.165) is 16.6 Å². The van der Waals surface area contributed by atoms with Crippen molar-refractivity contribution in [2.24, 2.45) is 0 Å². The van der Waals surface area contributed by atoms with Crippen molar-refractivity contribution in [3.8, 4) is 5.75 Å². The number of benzene rings is 1. The number of aryl methyl sites for hydroxylation is 1. The zero-order chi connectivity index (χ0) is 13.2. The van der Waals surface area contributed by atoms with E-state index in [0.29, 0.717) is 0 Å². The second kappa shape index (κ2) is 9.43. The Labute approximate surface area is 120 Å². The Bertz CT molecular complexity index is 336. The van der Waals surface area contributed by atoms with Crippen molar-refractivity contribution in [1.29, 1.82) is 0 Å². The van der Waals surface area contributed by atoms with E-state index < -0.39 is 0 Å². The summed E-state index contributed by atoms with van der Waals surface area (Å²) in [5, 5.41) is 0. The molecule has 102 valence electrons. The van der Waals surface area contributed by atoms with Gasteiger partial charge >= 0.3 is 0 Å². The molecular weight excluding hydrogens is 288 g/mol. The quantitative estimate of drug-likeness (QED) is 0.527. The lowest BCUT2D eigenvalue weighted by Gasteiger charge is -2.06. The highest BCUT2D eigenvalue weighted by atomic mass is 79.9. The third kappa shape index (κ3) is 5.90. The summed E-state index contributed by atoms with van der Waals surface area (Å²) in [7, 11) is 1.72. The number of ether oxygens (including phenoxy) is 1. The highest BCUT2D eigenvalue weighted by Crippen LogP contribution is 2.26. The summed E-state index contributed by atoms with van der Waals surface area (Å²) in [6.45, 7) is 2.26. The molecule has 0 bridgehead atoms. The number of hydrogen-bond acceptors (Lipinski definition) is 1. The molecule has 0 unspecified atom stereocenters. The van der Waals surface area contributed by atoms with Crippen LogP contribution >= 0.6 is 15.9 Å². The number of methoxy groups -OCH3 is 1. The lowest BCUT2D eigenvalue weighted by Crippen LogP contribution is -1.90. The van der Waals surface area contributed by atoms with Gasteiger partial charge in [-0.1, -0.05) is 51.5 Å². The molecule has 0 aliphatic heterocycles. The fourth-order valence-electron chi connectivity index (χ4n) is 2.15. The Morgan fingerprint density at radius 2 is 1.67 bits per heavy atom. The largest absolute Gasteiger partial charge is 0.496 e. The molecule has 1 aromatic rings. The molecule has 0 fully saturated rings. The molecule has 1 rings (SSSR count). The Kier molecular flexibility index (Phi) is 8.15. The molecule has 0 aromatic heterocycles. The number of hydrogen-bond donors (Lipinski definition) is 0. The molecule has 0 atom stereocenters. The van der Waals surface area contributed by atoms with E-state index in [-0.39, 0.29) is 0 Å². The van der Waals surface area contributed by atoms with E-state index in [2.05, 4.69) is 41.1 Å². The normalized spacial score (nSPS) is 10.6. The molecule has 0 aliphatic rings. The molecule has 0 radical (unpaired) electrons. The van der Waals surface area contributed by atoms with Gasteiger partial charge in [0, 0.05) is 0 Å². The monoisotopic (exact) mass is 312 g/mol. The van der Waals surface area contributed by atoms with Gasteiger partial charge < -0.3 is 4.74 Å². The van der Waals surface area contributed by atoms with E-state index in [4.69, 9.17) is 4.74 Å². The van der Waals surface area contributed by atoms with Crippen molar-refractivity contribution < 1.29 is 4.74 Å². The SMILES string of the molecule is CCCCCCCCCc1ccc(Br)c(OC)c1. The maximum Gasteiger partial charge on any atom is 0.133 e. The van der Waals surface area contributed by atoms with Crippen LogP contribution in [0.1, 0.15) is 57.4 Å². The van der Waals surface area contributed by atoms with E-state index >= 15 is 0 Å². The van der Waals surface area contributed by atoms with Crippen LogP contribution in [0.15, 0.2) is 22.7 Å². The van der Waals surface area contributed by atoms with Gasteiger partial charge in [0.1, 0.15) is 5.75 Å². The molecule has 0 amide bonds. The fourth-order valence-corrected chi connectivity index (χ4v) is 2.55. The molecule has 1 nitrogen and oxygen atoms in total. The van der Waals surface area contributed by atoms with Crippen LogP contribution in [0.25, 0.3) is 0 Å². The third-order valence-corrected chi connectivity index (χ3v) is 3.94. The van der Waals surface area contributed by atoms with Gasteiger partial charge in [0.2, 0.25) is 0 Å². The van der Waals surface area contributed by atoms with Crippen LogP contribution in [0, 0.1) is 0 Å². The maximum atomic E-state index is 5.31. The lowest BCUT2D eigenvalue weighted by molar-refractivity contribution is 0.411. The summed E-state index contributed by atoms with van der Waals surface area (Å²) in [6.07, 6.45) is 10.7. The van der Waals surface area contributed by atoms with Gasteiger partial charge in [-0.15, -0.1) is 0 Å². The number of unbranched alkanes of at least 4 members (excludes halogenated alkanes) is 6. The van der Waals surface area contributed by atoms with Crippen LogP contribution < -0.4 is 4.74 Å². The average Bonchev–Trinajstić information content (AvgIpc) is 2.39. The molecule has 0 N–H and O–H groups in total. The highest BCUT2D eigenvalue weighted by molar-refractivity contribution is 9.10. The summed E-state index contributed by atoms with van der Waals surface area (Å²) >= 11 is 3.48. The van der Waals surface area contributed by atoms with Crippen LogP contribution in [0.3, 0.4) is 0 Å². The molecule has 0 saturated heterocycles. The van der Waals surface area contributed by atoms with Crippen molar-refractivity contribution in [1.82, 2.24) is 0 Å². The van der Waals surface area contributed by atoms with Gasteiger partial charge in [-0.05, 0) is 46.5 Å². The van der Waals surface area contributed by atoms with Gasteiger partial charge in [-0.25, -0.2) is 0 Å². The van der Waals surface area contributed by atoms with E-state index in [1.54, 1.807) is 7.11 Å². The number of rotatable bonds is 9. The smallest absolute Gasteiger partial charge is 0.133 e. The minimum atomic E-state index is 0.940. The van der Waals surface area contributed by atoms with Crippen molar-refractivity contribution >= 4 is 15.9 Å². The number of halogens is 1. The standard InChI is InChI=1S/C16H25BrO/c1-3-4-5-6-7-8-9-10-14-11-12-15(17)16(13-14)18-2/h11-13H,3-10H2,1-2H3. The van der Waals surface area contributed by atoms with Gasteiger partial charge in [-0.2, -0.15) is 0 Å². The van der Waals surface area contributed by atoms with Crippen molar-refractivity contribution in [3.63, 3.8) is 0 Å². The van der Waals surface area contributed by atoms with Gasteiger partial charge in [0.15, 0.2) is 0 Å². The first-order valence-corrected chi connectivity index (χ1v) is 7.89. The second-order valence-electron chi connectivity index (χ2n) is 4.84. The average molecular weight is 313 g/mol.